The van der Waals surface area contributed by atoms with Crippen molar-refractivity contribution in [1.29, 1.82) is 0 Å². The molecule has 2 aromatic carbocycles. The highest BCUT2D eigenvalue weighted by atomic mass is 16.5. The van der Waals surface area contributed by atoms with Gasteiger partial charge in [0.25, 0.3) is 5.91 Å². The van der Waals surface area contributed by atoms with Crippen molar-refractivity contribution < 1.29 is 23.9 Å². The molecule has 2 fully saturated rings. The van der Waals surface area contributed by atoms with Crippen molar-refractivity contribution in [2.75, 3.05) is 48.4 Å². The minimum absolute atomic E-state index is 0.0375. The highest BCUT2D eigenvalue weighted by molar-refractivity contribution is 5.98. The zero-order valence-electron chi connectivity index (χ0n) is 17.1. The first-order valence-corrected chi connectivity index (χ1v) is 10.4. The van der Waals surface area contributed by atoms with Crippen LogP contribution in [0.1, 0.15) is 23.2 Å². The maximum atomic E-state index is 12.3. The molecule has 1 saturated carbocycles. The molecule has 0 bridgehead atoms. The molecule has 1 saturated heterocycles. The normalized spacial score (nSPS) is 15.8. The summed E-state index contributed by atoms with van der Waals surface area (Å²) in [4.78, 5) is 38.5. The SMILES string of the molecule is O=C(COC(=O)c1cccc(NC(=O)C2CC2)c1)Nc1ccc(N2CCOCC2)cc1. The third-order valence-corrected chi connectivity index (χ3v) is 5.18. The zero-order valence-corrected chi connectivity index (χ0v) is 17.1. The van der Waals surface area contributed by atoms with E-state index in [0.29, 0.717) is 24.6 Å². The number of rotatable bonds is 7. The van der Waals surface area contributed by atoms with Crippen molar-refractivity contribution in [3.63, 3.8) is 0 Å². The topological polar surface area (TPSA) is 97.0 Å². The fourth-order valence-electron chi connectivity index (χ4n) is 3.30. The molecule has 0 unspecified atom stereocenters. The second-order valence-corrected chi connectivity index (χ2v) is 7.61. The molecule has 0 radical (unpaired) electrons. The summed E-state index contributed by atoms with van der Waals surface area (Å²) in [5, 5.41) is 5.51. The quantitative estimate of drug-likeness (QED) is 0.665. The highest BCUT2D eigenvalue weighted by Crippen LogP contribution is 2.30. The molecule has 8 nitrogen and oxygen atoms in total. The lowest BCUT2D eigenvalue weighted by Gasteiger charge is -2.28. The van der Waals surface area contributed by atoms with E-state index in [4.69, 9.17) is 9.47 Å². The number of amides is 2. The first-order chi connectivity index (χ1) is 15.1. The van der Waals surface area contributed by atoms with E-state index in [9.17, 15) is 14.4 Å². The molecule has 0 aromatic heterocycles. The van der Waals surface area contributed by atoms with Gasteiger partial charge in [-0.15, -0.1) is 0 Å². The van der Waals surface area contributed by atoms with Gasteiger partial charge < -0.3 is 25.0 Å². The van der Waals surface area contributed by atoms with E-state index in [0.717, 1.165) is 31.6 Å². The smallest absolute Gasteiger partial charge is 0.338 e. The number of nitrogens with zero attached hydrogens (tertiary/aromatic N) is 1. The molecule has 2 aromatic rings. The van der Waals surface area contributed by atoms with E-state index >= 15 is 0 Å². The van der Waals surface area contributed by atoms with Gasteiger partial charge in [0.1, 0.15) is 0 Å². The number of benzene rings is 2. The van der Waals surface area contributed by atoms with Crippen LogP contribution < -0.4 is 15.5 Å². The van der Waals surface area contributed by atoms with Crippen LogP contribution in [-0.2, 0) is 19.1 Å². The minimum atomic E-state index is -0.625. The average molecular weight is 423 g/mol. The molecule has 2 aliphatic rings. The van der Waals surface area contributed by atoms with Crippen LogP contribution in [-0.4, -0.2) is 50.7 Å². The first kappa shape index (κ1) is 20.9. The van der Waals surface area contributed by atoms with Crippen molar-refractivity contribution in [3.05, 3.63) is 54.1 Å². The summed E-state index contributed by atoms with van der Waals surface area (Å²) >= 11 is 0. The first-order valence-electron chi connectivity index (χ1n) is 10.4. The van der Waals surface area contributed by atoms with Crippen LogP contribution in [0.4, 0.5) is 17.1 Å². The van der Waals surface area contributed by atoms with Gasteiger partial charge >= 0.3 is 5.97 Å². The molecule has 162 valence electrons. The zero-order chi connectivity index (χ0) is 21.6. The van der Waals surface area contributed by atoms with Crippen LogP contribution >= 0.6 is 0 Å². The van der Waals surface area contributed by atoms with E-state index in [1.54, 1.807) is 24.3 Å². The number of carbonyl (C=O) groups excluding carboxylic acids is 3. The van der Waals surface area contributed by atoms with E-state index in [1.807, 2.05) is 24.3 Å². The number of morpholine rings is 1. The van der Waals surface area contributed by atoms with Crippen LogP contribution in [0.5, 0.6) is 0 Å². The number of anilines is 3. The van der Waals surface area contributed by atoms with Crippen LogP contribution in [0, 0.1) is 5.92 Å². The van der Waals surface area contributed by atoms with Gasteiger partial charge in [-0.25, -0.2) is 4.79 Å². The third-order valence-electron chi connectivity index (χ3n) is 5.18. The second kappa shape index (κ2) is 9.61. The van der Waals surface area contributed by atoms with E-state index in [2.05, 4.69) is 15.5 Å². The summed E-state index contributed by atoms with van der Waals surface area (Å²) in [6, 6.07) is 14.0. The summed E-state index contributed by atoms with van der Waals surface area (Å²) in [7, 11) is 0. The molecule has 0 atom stereocenters. The van der Waals surface area contributed by atoms with Crippen LogP contribution in [0.15, 0.2) is 48.5 Å². The number of carbonyl (C=O) groups is 3. The Labute approximate surface area is 180 Å². The number of hydrogen-bond acceptors (Lipinski definition) is 6. The van der Waals surface area contributed by atoms with E-state index < -0.39 is 18.5 Å². The predicted molar refractivity (Wildman–Crippen MR) is 116 cm³/mol. The van der Waals surface area contributed by atoms with Crippen molar-refractivity contribution in [3.8, 4) is 0 Å². The van der Waals surface area contributed by atoms with Crippen molar-refractivity contribution in [2.24, 2.45) is 5.92 Å². The molecular formula is C23H25N3O5. The van der Waals surface area contributed by atoms with Crippen molar-refractivity contribution in [1.82, 2.24) is 0 Å². The lowest BCUT2D eigenvalue weighted by molar-refractivity contribution is -0.119. The minimum Gasteiger partial charge on any atom is -0.452 e. The standard InChI is InChI=1S/C23H25N3O5/c27-21(24-18-6-8-20(9-7-18)26-10-12-30-13-11-26)15-31-23(29)17-2-1-3-19(14-17)25-22(28)16-4-5-16/h1-3,6-9,14,16H,4-5,10-13,15H2,(H,24,27)(H,25,28). The lowest BCUT2D eigenvalue weighted by atomic mass is 10.2. The molecular weight excluding hydrogens is 398 g/mol. The van der Waals surface area contributed by atoms with Gasteiger partial charge in [-0.05, 0) is 55.3 Å². The number of ether oxygens (including phenoxy) is 2. The Morgan fingerprint density at radius 1 is 0.968 bits per heavy atom. The largest absolute Gasteiger partial charge is 0.452 e. The number of esters is 1. The van der Waals surface area contributed by atoms with Crippen molar-refractivity contribution >= 4 is 34.8 Å². The average Bonchev–Trinajstić information content (AvgIpc) is 3.64. The van der Waals surface area contributed by atoms with Gasteiger partial charge in [0.2, 0.25) is 5.91 Å². The Morgan fingerprint density at radius 2 is 1.71 bits per heavy atom. The summed E-state index contributed by atoms with van der Waals surface area (Å²) < 4.78 is 10.5. The van der Waals surface area contributed by atoms with Gasteiger partial charge in [0, 0.05) is 36.1 Å². The third kappa shape index (κ3) is 5.82. The lowest BCUT2D eigenvalue weighted by Crippen LogP contribution is -2.36. The Hall–Kier alpha value is -3.39. The van der Waals surface area contributed by atoms with Crippen LogP contribution in [0.3, 0.4) is 0 Å². The van der Waals surface area contributed by atoms with Crippen molar-refractivity contribution in [2.45, 2.75) is 12.8 Å². The fourth-order valence-corrected chi connectivity index (χ4v) is 3.30. The molecule has 31 heavy (non-hydrogen) atoms. The van der Waals surface area contributed by atoms with Gasteiger partial charge in [0.15, 0.2) is 6.61 Å². The number of nitrogens with one attached hydrogen (secondary N) is 2. The number of hydrogen-bond donors (Lipinski definition) is 2. The fraction of sp³-hybridized carbons (Fsp3) is 0.348. The molecule has 4 rings (SSSR count). The molecule has 2 N–H and O–H groups in total. The maximum Gasteiger partial charge on any atom is 0.338 e. The summed E-state index contributed by atoms with van der Waals surface area (Å²) in [6.07, 6.45) is 1.80. The van der Waals surface area contributed by atoms with Gasteiger partial charge in [-0.2, -0.15) is 0 Å². The maximum absolute atomic E-state index is 12.3. The van der Waals surface area contributed by atoms with Gasteiger partial charge in [0.05, 0.1) is 18.8 Å². The van der Waals surface area contributed by atoms with Gasteiger partial charge in [-0.3, -0.25) is 9.59 Å². The van der Waals surface area contributed by atoms with Gasteiger partial charge in [-0.1, -0.05) is 6.07 Å². The predicted octanol–water partition coefficient (Wildman–Crippen LogP) is 2.67. The molecule has 2 amide bonds. The van der Waals surface area contributed by atoms with E-state index in [1.165, 1.54) is 0 Å². The Morgan fingerprint density at radius 3 is 2.42 bits per heavy atom. The van der Waals surface area contributed by atoms with Crippen LogP contribution in [0.2, 0.25) is 0 Å². The van der Waals surface area contributed by atoms with Crippen LogP contribution in [0.25, 0.3) is 0 Å². The molecule has 1 aliphatic heterocycles. The Bertz CT molecular complexity index is 950. The summed E-state index contributed by atoms with van der Waals surface area (Å²) in [6.45, 7) is 2.70. The Balaban J connectivity index is 1.25. The summed E-state index contributed by atoms with van der Waals surface area (Å²) in [5.41, 5.74) is 2.51. The second-order valence-electron chi connectivity index (χ2n) is 7.61. The Kier molecular flexibility index (Phi) is 6.47. The highest BCUT2D eigenvalue weighted by Gasteiger charge is 2.29. The monoisotopic (exact) mass is 423 g/mol. The van der Waals surface area contributed by atoms with E-state index in [-0.39, 0.29) is 17.4 Å². The summed E-state index contributed by atoms with van der Waals surface area (Å²) in [5.74, 6) is -1.02. The molecule has 8 heteroatoms. The molecule has 1 aliphatic carbocycles. The molecule has 0 spiro atoms. The molecule has 1 heterocycles.